The lowest BCUT2D eigenvalue weighted by Gasteiger charge is -2.43. The van der Waals surface area contributed by atoms with Gasteiger partial charge in [0.1, 0.15) is 11.9 Å². The lowest BCUT2D eigenvalue weighted by atomic mass is 10.0. The van der Waals surface area contributed by atoms with Crippen LogP contribution in [0.3, 0.4) is 0 Å². The average molecular weight is 380 g/mol. The van der Waals surface area contributed by atoms with Crippen molar-refractivity contribution >= 4 is 34.8 Å². The van der Waals surface area contributed by atoms with Crippen LogP contribution in [0.1, 0.15) is 43.0 Å². The summed E-state index contributed by atoms with van der Waals surface area (Å²) < 4.78 is 0. The molecule has 1 aliphatic carbocycles. The number of amides is 1. The van der Waals surface area contributed by atoms with E-state index in [1.165, 1.54) is 12.8 Å². The first-order valence-corrected chi connectivity index (χ1v) is 9.62. The molecular weight excluding hydrogens is 356 g/mol. The van der Waals surface area contributed by atoms with Crippen molar-refractivity contribution in [2.75, 3.05) is 22.2 Å². The highest BCUT2D eigenvalue weighted by Crippen LogP contribution is 2.41. The van der Waals surface area contributed by atoms with Crippen LogP contribution in [0.4, 0.5) is 22.9 Å². The minimum Gasteiger partial charge on any atom is -0.478 e. The zero-order valence-corrected chi connectivity index (χ0v) is 16.1. The first kappa shape index (κ1) is 18.3. The number of hydrogen-bond donors (Lipinski definition) is 2. The van der Waals surface area contributed by atoms with Gasteiger partial charge in [-0.15, -0.1) is 0 Å². The first-order chi connectivity index (χ1) is 13.5. The van der Waals surface area contributed by atoms with E-state index in [1.54, 1.807) is 42.4 Å². The van der Waals surface area contributed by atoms with E-state index in [1.807, 2.05) is 13.0 Å². The van der Waals surface area contributed by atoms with Gasteiger partial charge in [0.05, 0.1) is 23.1 Å². The molecule has 1 atom stereocenters. The number of benzene rings is 1. The standard InChI is InChI=1S/C21H24N4O3/c1-13-20(26)24(2)18-12-22-19(11-17(18)25(13)16-8-3-4-9-16)23-15-7-5-6-14(10-15)21(27)28/h5-7,10-13,16H,3-4,8-9H2,1-2H3,(H,22,23)(H,27,28). The van der Waals surface area contributed by atoms with Crippen LogP contribution in [0.25, 0.3) is 0 Å². The number of nitrogens with one attached hydrogen (secondary N) is 1. The van der Waals surface area contributed by atoms with Gasteiger partial charge < -0.3 is 20.2 Å². The summed E-state index contributed by atoms with van der Waals surface area (Å²) in [4.78, 5) is 32.3. The maximum absolute atomic E-state index is 12.7. The molecule has 1 aromatic heterocycles. The molecule has 146 valence electrons. The Bertz CT molecular complexity index is 924. The quantitative estimate of drug-likeness (QED) is 0.842. The van der Waals surface area contributed by atoms with Gasteiger partial charge in [0, 0.05) is 24.8 Å². The molecule has 0 saturated heterocycles. The van der Waals surface area contributed by atoms with E-state index in [0.717, 1.165) is 24.2 Å². The number of carboxylic acids is 1. The van der Waals surface area contributed by atoms with Crippen LogP contribution in [-0.4, -0.2) is 41.1 Å². The minimum atomic E-state index is -0.969. The van der Waals surface area contributed by atoms with E-state index >= 15 is 0 Å². The number of fused-ring (bicyclic) bond motifs is 1. The van der Waals surface area contributed by atoms with Crippen LogP contribution in [0.15, 0.2) is 36.5 Å². The Labute approximate surface area is 164 Å². The van der Waals surface area contributed by atoms with Crippen molar-refractivity contribution in [2.45, 2.75) is 44.7 Å². The number of aromatic nitrogens is 1. The lowest BCUT2D eigenvalue weighted by molar-refractivity contribution is -0.119. The second-order valence-corrected chi connectivity index (χ2v) is 7.49. The fourth-order valence-corrected chi connectivity index (χ4v) is 4.27. The van der Waals surface area contributed by atoms with Gasteiger partial charge in [-0.2, -0.15) is 0 Å². The molecule has 1 unspecified atom stereocenters. The van der Waals surface area contributed by atoms with Crippen LogP contribution < -0.4 is 15.1 Å². The SMILES string of the molecule is CC1C(=O)N(C)c2cnc(Nc3cccc(C(=O)O)c3)cc2N1C1CCCC1. The van der Waals surface area contributed by atoms with Gasteiger partial charge in [-0.1, -0.05) is 18.9 Å². The molecule has 1 aromatic carbocycles. The van der Waals surface area contributed by atoms with E-state index in [9.17, 15) is 14.7 Å². The highest BCUT2D eigenvalue weighted by molar-refractivity contribution is 6.05. The van der Waals surface area contributed by atoms with Crippen molar-refractivity contribution in [1.29, 1.82) is 0 Å². The molecule has 7 nitrogen and oxygen atoms in total. The molecule has 2 aromatic rings. The third kappa shape index (κ3) is 3.17. The zero-order valence-electron chi connectivity index (χ0n) is 16.1. The molecule has 0 bridgehead atoms. The van der Waals surface area contributed by atoms with Crippen LogP contribution in [-0.2, 0) is 4.79 Å². The van der Waals surface area contributed by atoms with E-state index in [0.29, 0.717) is 17.5 Å². The monoisotopic (exact) mass is 380 g/mol. The number of hydrogen-bond acceptors (Lipinski definition) is 5. The van der Waals surface area contributed by atoms with Crippen molar-refractivity contribution in [3.05, 3.63) is 42.1 Å². The second-order valence-electron chi connectivity index (χ2n) is 7.49. The number of aromatic carboxylic acids is 1. The number of carbonyl (C=O) groups excluding carboxylic acids is 1. The Morgan fingerprint density at radius 1 is 1.21 bits per heavy atom. The van der Waals surface area contributed by atoms with Crippen LogP contribution in [0, 0.1) is 0 Å². The predicted octanol–water partition coefficient (Wildman–Crippen LogP) is 3.64. The molecule has 1 saturated carbocycles. The third-order valence-electron chi connectivity index (χ3n) is 5.71. The summed E-state index contributed by atoms with van der Waals surface area (Å²) in [5.74, 6) is -0.265. The molecule has 2 aliphatic rings. The van der Waals surface area contributed by atoms with Crippen molar-refractivity contribution < 1.29 is 14.7 Å². The Balaban J connectivity index is 1.70. The smallest absolute Gasteiger partial charge is 0.335 e. The maximum atomic E-state index is 12.7. The Morgan fingerprint density at radius 3 is 2.68 bits per heavy atom. The molecule has 0 radical (unpaired) electrons. The molecule has 1 aliphatic heterocycles. The van der Waals surface area contributed by atoms with E-state index < -0.39 is 5.97 Å². The highest BCUT2D eigenvalue weighted by Gasteiger charge is 2.38. The van der Waals surface area contributed by atoms with Crippen molar-refractivity contribution in [1.82, 2.24) is 4.98 Å². The molecule has 7 heteroatoms. The third-order valence-corrected chi connectivity index (χ3v) is 5.71. The summed E-state index contributed by atoms with van der Waals surface area (Å²) in [5, 5.41) is 12.4. The molecule has 2 heterocycles. The van der Waals surface area contributed by atoms with Gasteiger partial charge in [0.25, 0.3) is 0 Å². The second kappa shape index (κ2) is 7.14. The van der Waals surface area contributed by atoms with E-state index in [-0.39, 0.29) is 17.5 Å². The highest BCUT2D eigenvalue weighted by atomic mass is 16.4. The Morgan fingerprint density at radius 2 is 1.96 bits per heavy atom. The number of nitrogens with zero attached hydrogens (tertiary/aromatic N) is 3. The minimum absolute atomic E-state index is 0.0797. The maximum Gasteiger partial charge on any atom is 0.335 e. The number of likely N-dealkylation sites (N-methyl/N-ethyl adjacent to an activating group) is 1. The molecular formula is C21H24N4O3. The van der Waals surface area contributed by atoms with Crippen LogP contribution in [0.5, 0.6) is 0 Å². The molecule has 0 spiro atoms. The average Bonchev–Trinajstić information content (AvgIpc) is 3.21. The van der Waals surface area contributed by atoms with E-state index in [4.69, 9.17) is 0 Å². The van der Waals surface area contributed by atoms with Gasteiger partial charge in [-0.05, 0) is 38.0 Å². The summed E-state index contributed by atoms with van der Waals surface area (Å²) in [6, 6.07) is 8.74. The summed E-state index contributed by atoms with van der Waals surface area (Å²) in [5.41, 5.74) is 2.68. The van der Waals surface area contributed by atoms with Gasteiger partial charge in [0.2, 0.25) is 5.91 Å². The number of pyridine rings is 1. The molecule has 1 fully saturated rings. The molecule has 1 amide bonds. The first-order valence-electron chi connectivity index (χ1n) is 9.62. The Hall–Kier alpha value is -3.09. The van der Waals surface area contributed by atoms with Crippen molar-refractivity contribution in [2.24, 2.45) is 0 Å². The summed E-state index contributed by atoms with van der Waals surface area (Å²) in [6.45, 7) is 1.96. The summed E-state index contributed by atoms with van der Waals surface area (Å²) in [6.07, 6.45) is 6.26. The van der Waals surface area contributed by atoms with Crippen LogP contribution in [0.2, 0.25) is 0 Å². The van der Waals surface area contributed by atoms with E-state index in [2.05, 4.69) is 15.2 Å². The fourth-order valence-electron chi connectivity index (χ4n) is 4.27. The number of carbonyl (C=O) groups is 2. The predicted molar refractivity (Wildman–Crippen MR) is 109 cm³/mol. The zero-order chi connectivity index (χ0) is 19.8. The molecule has 28 heavy (non-hydrogen) atoms. The largest absolute Gasteiger partial charge is 0.478 e. The van der Waals surface area contributed by atoms with Gasteiger partial charge >= 0.3 is 5.97 Å². The normalized spacial score (nSPS) is 19.6. The fraction of sp³-hybridized carbons (Fsp3) is 0.381. The summed E-state index contributed by atoms with van der Waals surface area (Å²) >= 11 is 0. The van der Waals surface area contributed by atoms with Gasteiger partial charge in [-0.25, -0.2) is 9.78 Å². The van der Waals surface area contributed by atoms with Gasteiger partial charge in [-0.3, -0.25) is 4.79 Å². The molecule has 4 rings (SSSR count). The van der Waals surface area contributed by atoms with Crippen molar-refractivity contribution in [3.63, 3.8) is 0 Å². The number of carboxylic acid groups (broad SMARTS) is 1. The molecule has 2 N–H and O–H groups in total. The summed E-state index contributed by atoms with van der Waals surface area (Å²) in [7, 11) is 1.79. The number of anilines is 4. The Kier molecular flexibility index (Phi) is 4.66. The lowest BCUT2D eigenvalue weighted by Crippen LogP contribution is -2.54. The van der Waals surface area contributed by atoms with Crippen LogP contribution >= 0.6 is 0 Å². The number of rotatable bonds is 4. The van der Waals surface area contributed by atoms with Gasteiger partial charge in [0.15, 0.2) is 0 Å². The topological polar surface area (TPSA) is 85.8 Å². The van der Waals surface area contributed by atoms with Crippen molar-refractivity contribution in [3.8, 4) is 0 Å².